The molecule has 0 radical (unpaired) electrons. The van der Waals surface area contributed by atoms with Crippen LogP contribution in [0, 0.1) is 18.8 Å². The van der Waals surface area contributed by atoms with E-state index in [0.29, 0.717) is 29.8 Å². The minimum atomic E-state index is -3.39. The molecule has 1 aliphatic carbocycles. The number of benzene rings is 1. The summed E-state index contributed by atoms with van der Waals surface area (Å²) in [5.74, 6) is 1.26. The van der Waals surface area contributed by atoms with Gasteiger partial charge in [-0.05, 0) is 43.7 Å². The minimum absolute atomic E-state index is 0.0324. The molecule has 19 heavy (non-hydrogen) atoms. The monoisotopic (exact) mass is 280 g/mol. The van der Waals surface area contributed by atoms with Crippen LogP contribution >= 0.6 is 0 Å². The lowest BCUT2D eigenvalue weighted by atomic mass is 10.1. The highest BCUT2D eigenvalue weighted by Gasteiger charge is 2.48. The predicted molar refractivity (Wildman–Crippen MR) is 74.1 cm³/mol. The average Bonchev–Trinajstić information content (AvgIpc) is 3.15. The fourth-order valence-electron chi connectivity index (χ4n) is 3.02. The van der Waals surface area contributed by atoms with Crippen LogP contribution in [0.2, 0.25) is 0 Å². The van der Waals surface area contributed by atoms with Gasteiger partial charge in [-0.15, -0.1) is 0 Å². The molecule has 0 amide bonds. The molecule has 4 nitrogen and oxygen atoms in total. The van der Waals surface area contributed by atoms with Crippen LogP contribution in [0.15, 0.2) is 29.2 Å². The van der Waals surface area contributed by atoms with E-state index in [1.54, 1.807) is 16.4 Å². The van der Waals surface area contributed by atoms with E-state index in [-0.39, 0.29) is 6.04 Å². The van der Waals surface area contributed by atoms with E-state index < -0.39 is 10.0 Å². The predicted octanol–water partition coefficient (Wildman–Crippen LogP) is 1.35. The first-order chi connectivity index (χ1) is 9.02. The molecule has 1 saturated carbocycles. The maximum Gasteiger partial charge on any atom is 0.243 e. The van der Waals surface area contributed by atoms with Crippen LogP contribution in [0.1, 0.15) is 18.4 Å². The number of rotatable bonds is 3. The molecular weight excluding hydrogens is 260 g/mol. The van der Waals surface area contributed by atoms with Crippen molar-refractivity contribution >= 4 is 10.0 Å². The van der Waals surface area contributed by atoms with Crippen molar-refractivity contribution in [3.63, 3.8) is 0 Å². The molecule has 1 saturated heterocycles. The van der Waals surface area contributed by atoms with Crippen molar-refractivity contribution in [2.75, 3.05) is 13.1 Å². The summed E-state index contributed by atoms with van der Waals surface area (Å²) in [7, 11) is -3.39. The topological polar surface area (TPSA) is 63.4 Å². The number of fused-ring (bicyclic) bond motifs is 1. The van der Waals surface area contributed by atoms with Gasteiger partial charge in [-0.2, -0.15) is 4.31 Å². The molecule has 2 N–H and O–H groups in total. The van der Waals surface area contributed by atoms with Crippen molar-refractivity contribution < 1.29 is 8.42 Å². The van der Waals surface area contributed by atoms with Gasteiger partial charge in [-0.1, -0.05) is 17.7 Å². The summed E-state index contributed by atoms with van der Waals surface area (Å²) in [6, 6.07) is 7.03. The smallest absolute Gasteiger partial charge is 0.243 e. The Bertz CT molecular complexity index is 568. The lowest BCUT2D eigenvalue weighted by Gasteiger charge is -2.33. The maximum absolute atomic E-state index is 12.7. The molecular formula is C14H20N2O2S. The molecule has 5 heteroatoms. The van der Waals surface area contributed by atoms with Crippen molar-refractivity contribution in [1.29, 1.82) is 0 Å². The van der Waals surface area contributed by atoms with Gasteiger partial charge >= 0.3 is 0 Å². The first kappa shape index (κ1) is 13.1. The zero-order valence-corrected chi connectivity index (χ0v) is 11.9. The summed E-state index contributed by atoms with van der Waals surface area (Å²) in [4.78, 5) is 0.385. The Balaban J connectivity index is 1.92. The standard InChI is InChI=1S/C14H20N2O2S/c1-10-2-4-14(5-3-10)19(17,18)16-9-12-6-11(12)7-13(16)8-15/h2-5,11-13H,6-9,15H2,1H3/t11-,12+,13+/m1/s1. The molecule has 104 valence electrons. The Labute approximate surface area is 114 Å². The highest BCUT2D eigenvalue weighted by Crippen LogP contribution is 2.48. The van der Waals surface area contributed by atoms with E-state index in [1.807, 2.05) is 19.1 Å². The first-order valence-corrected chi connectivity index (χ1v) is 8.25. The van der Waals surface area contributed by atoms with Crippen molar-refractivity contribution in [2.45, 2.75) is 30.7 Å². The third kappa shape index (κ3) is 2.30. The molecule has 0 bridgehead atoms. The highest BCUT2D eigenvalue weighted by atomic mass is 32.2. The van der Waals surface area contributed by atoms with Crippen molar-refractivity contribution in [3.05, 3.63) is 29.8 Å². The molecule has 0 spiro atoms. The Morgan fingerprint density at radius 3 is 2.53 bits per heavy atom. The van der Waals surface area contributed by atoms with Gasteiger partial charge in [0.05, 0.1) is 4.90 Å². The average molecular weight is 280 g/mol. The van der Waals surface area contributed by atoms with Crippen LogP contribution in [-0.2, 0) is 10.0 Å². The quantitative estimate of drug-likeness (QED) is 0.909. The molecule has 1 heterocycles. The van der Waals surface area contributed by atoms with Crippen molar-refractivity contribution in [1.82, 2.24) is 4.31 Å². The largest absolute Gasteiger partial charge is 0.329 e. The molecule has 3 atom stereocenters. The Hall–Kier alpha value is -0.910. The summed E-state index contributed by atoms with van der Waals surface area (Å²) in [5, 5.41) is 0. The second-order valence-electron chi connectivity index (χ2n) is 5.77. The van der Waals surface area contributed by atoms with Gasteiger partial charge < -0.3 is 5.73 Å². The normalized spacial score (nSPS) is 30.9. The molecule has 3 rings (SSSR count). The van der Waals surface area contributed by atoms with E-state index in [1.165, 1.54) is 0 Å². The van der Waals surface area contributed by atoms with Crippen LogP contribution in [0.3, 0.4) is 0 Å². The zero-order valence-electron chi connectivity index (χ0n) is 11.1. The number of hydrogen-bond acceptors (Lipinski definition) is 3. The van der Waals surface area contributed by atoms with E-state index in [0.717, 1.165) is 18.4 Å². The lowest BCUT2D eigenvalue weighted by molar-refractivity contribution is 0.247. The summed E-state index contributed by atoms with van der Waals surface area (Å²) in [5.41, 5.74) is 6.83. The van der Waals surface area contributed by atoms with Gasteiger partial charge in [0.15, 0.2) is 0 Å². The first-order valence-electron chi connectivity index (χ1n) is 6.81. The van der Waals surface area contributed by atoms with Gasteiger partial charge in [0.1, 0.15) is 0 Å². The van der Waals surface area contributed by atoms with Crippen molar-refractivity contribution in [3.8, 4) is 0 Å². The summed E-state index contributed by atoms with van der Waals surface area (Å²) < 4.78 is 27.0. The minimum Gasteiger partial charge on any atom is -0.329 e. The number of sulfonamides is 1. The third-order valence-corrected chi connectivity index (χ3v) is 6.30. The van der Waals surface area contributed by atoms with Crippen LogP contribution in [0.4, 0.5) is 0 Å². The second-order valence-corrected chi connectivity index (χ2v) is 7.66. The summed E-state index contributed by atoms with van der Waals surface area (Å²) in [6.07, 6.45) is 2.09. The van der Waals surface area contributed by atoms with Crippen molar-refractivity contribution in [2.24, 2.45) is 17.6 Å². The lowest BCUT2D eigenvalue weighted by Crippen LogP contribution is -2.48. The van der Waals surface area contributed by atoms with Crippen LogP contribution in [-0.4, -0.2) is 31.9 Å². The second kappa shape index (κ2) is 4.58. The molecule has 0 unspecified atom stereocenters. The van der Waals surface area contributed by atoms with Gasteiger partial charge in [0.25, 0.3) is 0 Å². The molecule has 1 aromatic rings. The molecule has 2 fully saturated rings. The van der Waals surface area contributed by atoms with Gasteiger partial charge in [0, 0.05) is 19.1 Å². The van der Waals surface area contributed by atoms with Crippen LogP contribution < -0.4 is 5.73 Å². The number of hydrogen-bond donors (Lipinski definition) is 1. The van der Waals surface area contributed by atoms with Gasteiger partial charge in [-0.3, -0.25) is 0 Å². The Morgan fingerprint density at radius 2 is 1.89 bits per heavy atom. The van der Waals surface area contributed by atoms with Gasteiger partial charge in [-0.25, -0.2) is 8.42 Å². The molecule has 1 aromatic carbocycles. The number of nitrogens with two attached hydrogens (primary N) is 1. The Morgan fingerprint density at radius 1 is 1.21 bits per heavy atom. The fourth-order valence-corrected chi connectivity index (χ4v) is 4.73. The number of piperidine rings is 1. The van der Waals surface area contributed by atoms with Crippen LogP contribution in [0.5, 0.6) is 0 Å². The Kier molecular flexibility index (Phi) is 3.15. The maximum atomic E-state index is 12.7. The molecule has 2 aliphatic rings. The molecule has 0 aromatic heterocycles. The SMILES string of the molecule is Cc1ccc(S(=O)(=O)N2C[C@@H]3C[C@@H]3C[C@H]2CN)cc1. The van der Waals surface area contributed by atoms with E-state index in [2.05, 4.69) is 0 Å². The number of aryl methyl sites for hydroxylation is 1. The third-order valence-electron chi connectivity index (χ3n) is 4.37. The summed E-state index contributed by atoms with van der Waals surface area (Å²) >= 11 is 0. The van der Waals surface area contributed by atoms with E-state index >= 15 is 0 Å². The van der Waals surface area contributed by atoms with E-state index in [4.69, 9.17) is 5.73 Å². The van der Waals surface area contributed by atoms with E-state index in [9.17, 15) is 8.42 Å². The molecule has 1 aliphatic heterocycles. The number of nitrogens with zero attached hydrogens (tertiary/aromatic N) is 1. The summed E-state index contributed by atoms with van der Waals surface area (Å²) in [6.45, 7) is 3.01. The highest BCUT2D eigenvalue weighted by molar-refractivity contribution is 7.89. The van der Waals surface area contributed by atoms with Gasteiger partial charge in [0.2, 0.25) is 10.0 Å². The zero-order chi connectivity index (χ0) is 13.6. The fraction of sp³-hybridized carbons (Fsp3) is 0.571. The van der Waals surface area contributed by atoms with Crippen LogP contribution in [0.25, 0.3) is 0 Å².